The molecule has 6 nitrogen and oxygen atoms in total. The largest absolute Gasteiger partial charge is 0.368 e. The molecule has 170 valence electrons. The number of amides is 2. The number of rotatable bonds is 7. The molecule has 2 aliphatic carbocycles. The summed E-state index contributed by atoms with van der Waals surface area (Å²) >= 11 is 0. The van der Waals surface area contributed by atoms with Crippen LogP contribution in [0.4, 0.5) is 11.4 Å². The van der Waals surface area contributed by atoms with E-state index in [-0.39, 0.29) is 49.2 Å². The lowest BCUT2D eigenvalue weighted by molar-refractivity contribution is -0.127. The van der Waals surface area contributed by atoms with Crippen LogP contribution < -0.4 is 9.80 Å². The van der Waals surface area contributed by atoms with Gasteiger partial charge < -0.3 is 19.3 Å². The summed E-state index contributed by atoms with van der Waals surface area (Å²) in [7, 11) is 0. The lowest BCUT2D eigenvalue weighted by Crippen LogP contribution is -2.56. The average Bonchev–Trinajstić information content (AvgIpc) is 3.48. The Morgan fingerprint density at radius 1 is 0.871 bits per heavy atom. The molecule has 1 aliphatic heterocycles. The minimum atomic E-state index is -0.0926. The van der Waals surface area contributed by atoms with Crippen LogP contribution in [0.1, 0.15) is 65.2 Å². The summed E-state index contributed by atoms with van der Waals surface area (Å²) in [6.07, 6.45) is 9.30. The van der Waals surface area contributed by atoms with Gasteiger partial charge in [0.15, 0.2) is 0 Å². The Kier molecular flexibility index (Phi) is 7.28. The predicted molar refractivity (Wildman–Crippen MR) is 121 cm³/mol. The van der Waals surface area contributed by atoms with Crippen molar-refractivity contribution in [3.63, 3.8) is 0 Å². The summed E-state index contributed by atoms with van der Waals surface area (Å²) in [6, 6.07) is 7.62. The number of para-hydroxylation sites is 2. The number of carbonyl (C=O) groups is 2. The zero-order valence-electron chi connectivity index (χ0n) is 18.9. The maximum absolute atomic E-state index is 13.3. The molecule has 0 unspecified atom stereocenters. The summed E-state index contributed by atoms with van der Waals surface area (Å²) in [4.78, 5) is 30.1. The molecule has 0 N–H and O–H groups in total. The number of nitrogens with zero attached hydrogens (tertiary/aromatic N) is 2. The average molecular weight is 429 g/mol. The molecule has 0 spiro atoms. The van der Waals surface area contributed by atoms with Crippen molar-refractivity contribution < 1.29 is 19.1 Å². The van der Waals surface area contributed by atoms with Gasteiger partial charge in [0.25, 0.3) is 11.8 Å². The second-order valence-electron chi connectivity index (χ2n) is 9.50. The Balaban J connectivity index is 1.51. The molecule has 0 saturated heterocycles. The molecule has 0 aromatic heterocycles. The van der Waals surface area contributed by atoms with E-state index >= 15 is 0 Å². The fraction of sp³-hybridized carbons (Fsp3) is 0.680. The van der Waals surface area contributed by atoms with Gasteiger partial charge in [-0.25, -0.2) is 0 Å². The SMILES string of the molecule is CC(C)[C@@H]1CN(C(=O)COC2CCCC2)c2ccccc2N1C(=O)COC1CCCC1. The first kappa shape index (κ1) is 22.3. The molecule has 31 heavy (non-hydrogen) atoms. The van der Waals surface area contributed by atoms with Crippen molar-refractivity contribution in [2.75, 3.05) is 29.6 Å². The molecule has 1 aromatic carbocycles. The first-order chi connectivity index (χ1) is 15.0. The van der Waals surface area contributed by atoms with Gasteiger partial charge in [0.1, 0.15) is 13.2 Å². The third kappa shape index (κ3) is 5.12. The van der Waals surface area contributed by atoms with Crippen molar-refractivity contribution >= 4 is 23.2 Å². The number of carbonyl (C=O) groups excluding carboxylic acids is 2. The summed E-state index contributed by atoms with van der Waals surface area (Å²) in [5, 5.41) is 0. The van der Waals surface area contributed by atoms with E-state index in [2.05, 4.69) is 13.8 Å². The molecule has 1 atom stereocenters. The third-order valence-electron chi connectivity index (χ3n) is 6.96. The van der Waals surface area contributed by atoms with Gasteiger partial charge in [0.2, 0.25) is 0 Å². The second-order valence-corrected chi connectivity index (χ2v) is 9.50. The van der Waals surface area contributed by atoms with Gasteiger partial charge >= 0.3 is 0 Å². The third-order valence-corrected chi connectivity index (χ3v) is 6.96. The summed E-state index contributed by atoms with van der Waals surface area (Å²) in [6.45, 7) is 4.89. The van der Waals surface area contributed by atoms with E-state index in [1.54, 1.807) is 0 Å². The number of fused-ring (bicyclic) bond motifs is 1. The Hall–Kier alpha value is -1.92. The molecule has 6 heteroatoms. The number of hydrogen-bond donors (Lipinski definition) is 0. The highest BCUT2D eigenvalue weighted by molar-refractivity contribution is 6.05. The van der Waals surface area contributed by atoms with Gasteiger partial charge in [0.05, 0.1) is 29.6 Å². The lowest BCUT2D eigenvalue weighted by Gasteiger charge is -2.44. The Bertz CT molecular complexity index is 769. The quantitative estimate of drug-likeness (QED) is 0.649. The summed E-state index contributed by atoms with van der Waals surface area (Å²) < 4.78 is 11.8. The fourth-order valence-electron chi connectivity index (χ4n) is 5.14. The van der Waals surface area contributed by atoms with Gasteiger partial charge in [0, 0.05) is 6.54 Å². The van der Waals surface area contributed by atoms with Crippen molar-refractivity contribution in [2.24, 2.45) is 5.92 Å². The molecule has 2 amide bonds. The maximum Gasteiger partial charge on any atom is 0.253 e. The van der Waals surface area contributed by atoms with E-state index in [1.807, 2.05) is 34.1 Å². The zero-order chi connectivity index (χ0) is 21.8. The molecule has 2 saturated carbocycles. The van der Waals surface area contributed by atoms with E-state index in [0.29, 0.717) is 6.54 Å². The zero-order valence-corrected chi connectivity index (χ0v) is 18.9. The highest BCUT2D eigenvalue weighted by Crippen LogP contribution is 2.38. The monoisotopic (exact) mass is 428 g/mol. The summed E-state index contributed by atoms with van der Waals surface area (Å²) in [5.41, 5.74) is 1.58. The van der Waals surface area contributed by atoms with Gasteiger partial charge in [-0.3, -0.25) is 9.59 Å². The second kappa shape index (κ2) is 10.1. The molecule has 2 fully saturated rings. The van der Waals surface area contributed by atoms with E-state index in [4.69, 9.17) is 9.47 Å². The van der Waals surface area contributed by atoms with Crippen molar-refractivity contribution in [1.82, 2.24) is 0 Å². The van der Waals surface area contributed by atoms with E-state index < -0.39 is 0 Å². The van der Waals surface area contributed by atoms with Crippen LogP contribution in [0.2, 0.25) is 0 Å². The van der Waals surface area contributed by atoms with E-state index in [0.717, 1.165) is 37.1 Å². The van der Waals surface area contributed by atoms with Crippen LogP contribution in [0, 0.1) is 5.92 Å². The first-order valence-electron chi connectivity index (χ1n) is 12.0. The molecule has 1 aromatic rings. The standard InChI is InChI=1S/C25H36N2O4/c1-18(2)23-15-26(24(28)16-30-19-9-3-4-10-19)21-13-7-8-14-22(21)27(23)25(29)17-31-20-11-5-6-12-20/h7-8,13-14,18-20,23H,3-6,9-12,15-17H2,1-2H3/t23-/m0/s1. The minimum absolute atomic E-state index is 0.0210. The highest BCUT2D eigenvalue weighted by atomic mass is 16.5. The van der Waals surface area contributed by atoms with Crippen LogP contribution in [0.15, 0.2) is 24.3 Å². The predicted octanol–water partition coefficient (Wildman–Crippen LogP) is 4.31. The van der Waals surface area contributed by atoms with E-state index in [1.165, 1.54) is 25.7 Å². The molecular formula is C25H36N2O4. The normalized spacial score (nSPS) is 22.4. The smallest absolute Gasteiger partial charge is 0.253 e. The van der Waals surface area contributed by atoms with Crippen LogP contribution >= 0.6 is 0 Å². The molecule has 0 radical (unpaired) electrons. The number of benzene rings is 1. The van der Waals surface area contributed by atoms with Crippen molar-refractivity contribution in [2.45, 2.75) is 83.5 Å². The van der Waals surface area contributed by atoms with Crippen molar-refractivity contribution in [3.8, 4) is 0 Å². The Labute approximate surface area is 185 Å². The molecule has 1 heterocycles. The topological polar surface area (TPSA) is 59.1 Å². The summed E-state index contributed by atoms with van der Waals surface area (Å²) in [5.74, 6) is 0.154. The van der Waals surface area contributed by atoms with Crippen LogP contribution in [-0.4, -0.2) is 49.8 Å². The van der Waals surface area contributed by atoms with Gasteiger partial charge in [-0.15, -0.1) is 0 Å². The minimum Gasteiger partial charge on any atom is -0.368 e. The van der Waals surface area contributed by atoms with Crippen molar-refractivity contribution in [3.05, 3.63) is 24.3 Å². The van der Waals surface area contributed by atoms with Gasteiger partial charge in [-0.05, 0) is 43.7 Å². The molecule has 3 aliphatic rings. The molecule has 4 rings (SSSR count). The van der Waals surface area contributed by atoms with Gasteiger partial charge in [-0.2, -0.15) is 0 Å². The maximum atomic E-state index is 13.3. The fourth-order valence-corrected chi connectivity index (χ4v) is 5.14. The number of ether oxygens (including phenoxy) is 2. The van der Waals surface area contributed by atoms with Crippen LogP contribution in [0.5, 0.6) is 0 Å². The molecular weight excluding hydrogens is 392 g/mol. The number of hydrogen-bond acceptors (Lipinski definition) is 4. The molecule has 0 bridgehead atoms. The Morgan fingerprint density at radius 2 is 1.39 bits per heavy atom. The van der Waals surface area contributed by atoms with Crippen LogP contribution in [-0.2, 0) is 19.1 Å². The van der Waals surface area contributed by atoms with Crippen LogP contribution in [0.25, 0.3) is 0 Å². The Morgan fingerprint density at radius 3 is 1.94 bits per heavy atom. The lowest BCUT2D eigenvalue weighted by atomic mass is 9.96. The first-order valence-corrected chi connectivity index (χ1v) is 12.0. The van der Waals surface area contributed by atoms with E-state index in [9.17, 15) is 9.59 Å². The van der Waals surface area contributed by atoms with Crippen molar-refractivity contribution in [1.29, 1.82) is 0 Å². The number of anilines is 2. The van der Waals surface area contributed by atoms with Crippen LogP contribution in [0.3, 0.4) is 0 Å². The van der Waals surface area contributed by atoms with Gasteiger partial charge in [-0.1, -0.05) is 51.7 Å². The highest BCUT2D eigenvalue weighted by Gasteiger charge is 2.38.